The number of phosphoric ester groups is 1. The minimum absolute atomic E-state index is 0.0229. The molecular formula is C80H149N2O7P. The molecule has 0 aliphatic carbocycles. The molecule has 0 heterocycles. The Morgan fingerprint density at radius 2 is 0.678 bits per heavy atom. The van der Waals surface area contributed by atoms with Crippen LogP contribution in [0.1, 0.15) is 374 Å². The first-order valence-electron chi connectivity index (χ1n) is 38.7. The van der Waals surface area contributed by atoms with Crippen molar-refractivity contribution in [3.05, 3.63) is 72.9 Å². The molecule has 0 radical (unpaired) electrons. The molecule has 10 heteroatoms. The van der Waals surface area contributed by atoms with Crippen molar-refractivity contribution in [3.63, 3.8) is 0 Å². The van der Waals surface area contributed by atoms with E-state index in [9.17, 15) is 19.0 Å². The fraction of sp³-hybridized carbons (Fsp3) is 0.825. The van der Waals surface area contributed by atoms with Crippen LogP contribution in [0.2, 0.25) is 0 Å². The second-order valence-corrected chi connectivity index (χ2v) is 28.9. The Bertz CT molecular complexity index is 1770. The maximum Gasteiger partial charge on any atom is 0.306 e. The Balaban J connectivity index is 4.96. The summed E-state index contributed by atoms with van der Waals surface area (Å²) in [7, 11) is 1.19. The molecule has 0 bridgehead atoms. The van der Waals surface area contributed by atoms with Crippen LogP contribution in [-0.2, 0) is 27.9 Å². The lowest BCUT2D eigenvalue weighted by molar-refractivity contribution is -0.870. The molecule has 0 saturated heterocycles. The van der Waals surface area contributed by atoms with Crippen LogP contribution in [0.25, 0.3) is 0 Å². The fourth-order valence-electron chi connectivity index (χ4n) is 11.4. The second kappa shape index (κ2) is 69.3. The third-order valence-electron chi connectivity index (χ3n) is 17.4. The zero-order valence-corrected chi connectivity index (χ0v) is 61.2. The number of unbranched alkanes of at least 4 members (excludes halogenated alkanes) is 45. The summed E-state index contributed by atoms with van der Waals surface area (Å²) in [6.07, 6.45) is 91.8. The number of amides is 1. The van der Waals surface area contributed by atoms with Crippen molar-refractivity contribution in [3.8, 4) is 0 Å². The molecule has 9 nitrogen and oxygen atoms in total. The number of phosphoric acid groups is 1. The number of carbonyl (C=O) groups is 2. The van der Waals surface area contributed by atoms with Crippen LogP contribution in [0.4, 0.5) is 0 Å². The quantitative estimate of drug-likeness (QED) is 0.0212. The van der Waals surface area contributed by atoms with E-state index in [0.29, 0.717) is 17.4 Å². The molecule has 0 aromatic heterocycles. The van der Waals surface area contributed by atoms with E-state index in [2.05, 4.69) is 86.8 Å². The normalized spacial score (nSPS) is 13.8. The maximum atomic E-state index is 13.6. The SMILES string of the molecule is CCCCC/C=C\C/C=C\C/C=C\C/C=C\CCCCCCCCCCCCCC(=O)OC(/C=C/CCCCCCCCCCCC)C(COP(=O)([O-])OCC[N+](C)(C)C)NC(=O)CCCCCCCCCCCCCCCCC/C=C/CCCCCCCC. The predicted molar refractivity (Wildman–Crippen MR) is 390 cm³/mol. The zero-order valence-electron chi connectivity index (χ0n) is 60.3. The number of esters is 1. The van der Waals surface area contributed by atoms with E-state index < -0.39 is 20.0 Å². The van der Waals surface area contributed by atoms with Crippen molar-refractivity contribution >= 4 is 19.7 Å². The van der Waals surface area contributed by atoms with Crippen molar-refractivity contribution in [2.75, 3.05) is 40.9 Å². The van der Waals surface area contributed by atoms with Gasteiger partial charge in [-0.2, -0.15) is 0 Å². The lowest BCUT2D eigenvalue weighted by Crippen LogP contribution is -2.47. The average Bonchev–Trinajstić information content (AvgIpc) is 3.12. The molecule has 1 amide bonds. The van der Waals surface area contributed by atoms with Gasteiger partial charge >= 0.3 is 5.97 Å². The van der Waals surface area contributed by atoms with Crippen molar-refractivity contribution in [1.82, 2.24) is 5.32 Å². The van der Waals surface area contributed by atoms with E-state index in [1.165, 1.54) is 263 Å². The van der Waals surface area contributed by atoms with Gasteiger partial charge in [0, 0.05) is 12.8 Å². The third-order valence-corrected chi connectivity index (χ3v) is 18.3. The smallest absolute Gasteiger partial charge is 0.306 e. The number of likely N-dealkylation sites (N-methyl/N-ethyl adjacent to an activating group) is 1. The molecule has 0 aromatic carbocycles. The van der Waals surface area contributed by atoms with Crippen LogP contribution < -0.4 is 10.2 Å². The van der Waals surface area contributed by atoms with E-state index in [1.54, 1.807) is 0 Å². The monoisotopic (exact) mass is 1280 g/mol. The lowest BCUT2D eigenvalue weighted by atomic mass is 10.0. The number of quaternary nitrogens is 1. The van der Waals surface area contributed by atoms with Gasteiger partial charge in [0.25, 0.3) is 7.82 Å². The number of rotatable bonds is 71. The van der Waals surface area contributed by atoms with Crippen molar-refractivity contribution in [2.45, 2.75) is 386 Å². The van der Waals surface area contributed by atoms with Gasteiger partial charge in [-0.25, -0.2) is 0 Å². The van der Waals surface area contributed by atoms with Gasteiger partial charge in [0.05, 0.1) is 33.8 Å². The average molecular weight is 1280 g/mol. The number of nitrogens with zero attached hydrogens (tertiary/aromatic N) is 1. The van der Waals surface area contributed by atoms with Crippen molar-refractivity contribution < 1.29 is 37.3 Å². The van der Waals surface area contributed by atoms with Crippen LogP contribution in [0.5, 0.6) is 0 Å². The van der Waals surface area contributed by atoms with Gasteiger partial charge in [-0.1, -0.05) is 332 Å². The predicted octanol–water partition coefficient (Wildman–Crippen LogP) is 24.4. The van der Waals surface area contributed by atoms with Gasteiger partial charge in [0.2, 0.25) is 5.91 Å². The van der Waals surface area contributed by atoms with Crippen LogP contribution in [-0.4, -0.2) is 69.4 Å². The molecule has 3 atom stereocenters. The Morgan fingerprint density at radius 1 is 0.389 bits per heavy atom. The highest BCUT2D eigenvalue weighted by Gasteiger charge is 2.27. The highest BCUT2D eigenvalue weighted by molar-refractivity contribution is 7.45. The minimum Gasteiger partial charge on any atom is -0.756 e. The van der Waals surface area contributed by atoms with E-state index in [0.717, 1.165) is 77.0 Å². The van der Waals surface area contributed by atoms with Gasteiger partial charge in [-0.05, 0) is 102 Å². The summed E-state index contributed by atoms with van der Waals surface area (Å²) >= 11 is 0. The number of hydrogen-bond donors (Lipinski definition) is 1. The van der Waals surface area contributed by atoms with Crippen molar-refractivity contribution in [2.24, 2.45) is 0 Å². The Hall–Kier alpha value is -2.55. The van der Waals surface area contributed by atoms with Crippen LogP contribution >= 0.6 is 7.82 Å². The van der Waals surface area contributed by atoms with Crippen LogP contribution in [0.3, 0.4) is 0 Å². The lowest BCUT2D eigenvalue weighted by Gasteiger charge is -2.30. The summed E-state index contributed by atoms with van der Waals surface area (Å²) in [6, 6.07) is -0.892. The molecule has 0 aromatic rings. The van der Waals surface area contributed by atoms with E-state index in [4.69, 9.17) is 13.8 Å². The molecule has 526 valence electrons. The van der Waals surface area contributed by atoms with Crippen molar-refractivity contribution in [1.29, 1.82) is 0 Å². The number of allylic oxidation sites excluding steroid dienone is 11. The number of nitrogens with one attached hydrogen (secondary N) is 1. The van der Waals surface area contributed by atoms with Gasteiger partial charge < -0.3 is 28.5 Å². The Labute approximate surface area is 559 Å². The van der Waals surface area contributed by atoms with Gasteiger partial charge in [-0.15, -0.1) is 0 Å². The summed E-state index contributed by atoms with van der Waals surface area (Å²) in [5.74, 6) is -0.530. The van der Waals surface area contributed by atoms with Crippen LogP contribution in [0.15, 0.2) is 72.9 Å². The molecule has 90 heavy (non-hydrogen) atoms. The zero-order chi connectivity index (χ0) is 65.6. The molecule has 0 fully saturated rings. The Morgan fingerprint density at radius 3 is 1.04 bits per heavy atom. The number of hydrogen-bond acceptors (Lipinski definition) is 7. The standard InChI is InChI=1S/C80H149N2O7P/c1-7-10-13-16-19-22-25-28-30-32-34-36-38-40-41-43-45-47-49-51-53-55-58-61-64-67-70-73-80(84)89-78(71-68-65-62-59-56-27-24-21-18-15-12-9-3)77(76-88-90(85,86)87-75-74-82(4,5)6)81-79(83)72-69-66-63-60-57-54-52-50-48-46-44-42-39-37-35-33-31-29-26-23-20-17-14-11-8-2/h19,22,28-31,34,36,40-41,68,71,77-78H,7-18,20-21,23-27,32-33,35,37-39,42-67,69-70,72-76H2,1-6H3,(H-,81,83,85,86)/b22-19-,30-28-,31-29+,36-34-,41-40-,71-68+. The molecular weight excluding hydrogens is 1130 g/mol. The molecule has 0 spiro atoms. The summed E-state index contributed by atoms with van der Waals surface area (Å²) in [6.45, 7) is 6.86. The van der Waals surface area contributed by atoms with E-state index >= 15 is 0 Å². The first-order chi connectivity index (χ1) is 43.9. The molecule has 1 N–H and O–H groups in total. The maximum absolute atomic E-state index is 13.6. The summed E-state index contributed by atoms with van der Waals surface area (Å²) in [4.78, 5) is 40.3. The van der Waals surface area contributed by atoms with E-state index in [1.807, 2.05) is 33.3 Å². The van der Waals surface area contributed by atoms with Crippen LogP contribution in [0, 0.1) is 0 Å². The van der Waals surface area contributed by atoms with Gasteiger partial charge in [0.15, 0.2) is 0 Å². The highest BCUT2D eigenvalue weighted by atomic mass is 31.2. The van der Waals surface area contributed by atoms with Gasteiger partial charge in [0.1, 0.15) is 19.3 Å². The van der Waals surface area contributed by atoms with Gasteiger partial charge in [-0.3, -0.25) is 14.2 Å². The Kier molecular flexibility index (Phi) is 67.3. The molecule has 0 aliphatic heterocycles. The number of carbonyl (C=O) groups excluding carboxylic acids is 2. The highest BCUT2D eigenvalue weighted by Crippen LogP contribution is 2.38. The minimum atomic E-state index is -4.71. The molecule has 0 rings (SSSR count). The topological polar surface area (TPSA) is 114 Å². The third kappa shape index (κ3) is 69.8. The second-order valence-electron chi connectivity index (χ2n) is 27.5. The largest absolute Gasteiger partial charge is 0.756 e. The fourth-order valence-corrected chi connectivity index (χ4v) is 12.1. The molecule has 0 aliphatic rings. The summed E-state index contributed by atoms with van der Waals surface area (Å²) in [5, 5.41) is 3.05. The number of ether oxygens (including phenoxy) is 1. The summed E-state index contributed by atoms with van der Waals surface area (Å²) in [5.41, 5.74) is 0. The van der Waals surface area contributed by atoms with E-state index in [-0.39, 0.29) is 31.5 Å². The first-order valence-corrected chi connectivity index (χ1v) is 40.2. The molecule has 0 saturated carbocycles. The summed E-state index contributed by atoms with van der Waals surface area (Å²) < 4.78 is 30.5. The first kappa shape index (κ1) is 87.5. The molecule has 3 unspecified atom stereocenters.